The zero-order valence-corrected chi connectivity index (χ0v) is 18.6. The van der Waals surface area contributed by atoms with Gasteiger partial charge in [-0.3, -0.25) is 9.97 Å². The van der Waals surface area contributed by atoms with Crippen LogP contribution in [-0.2, 0) is 0 Å². The summed E-state index contributed by atoms with van der Waals surface area (Å²) in [5, 5.41) is 14.1. The molecule has 4 aromatic heterocycles. The molecule has 164 valence electrons. The smallest absolute Gasteiger partial charge is 0.125 e. The van der Waals surface area contributed by atoms with Crippen molar-refractivity contribution in [1.29, 1.82) is 0 Å². The van der Waals surface area contributed by atoms with Crippen LogP contribution < -0.4 is 0 Å². The van der Waals surface area contributed by atoms with Crippen LogP contribution in [0.4, 0.5) is 0 Å². The third-order valence-corrected chi connectivity index (χ3v) is 6.41. The zero-order valence-electron chi connectivity index (χ0n) is 18.6. The number of aromatic nitrogens is 4. The molecule has 0 aliphatic heterocycles. The minimum atomic E-state index is 0.210. The van der Waals surface area contributed by atoms with Gasteiger partial charge in [-0.05, 0) is 42.5 Å². The highest BCUT2D eigenvalue weighted by Gasteiger charge is 2.11. The quantitative estimate of drug-likeness (QED) is 0.290. The molecular formula is C30H18N4O. The Balaban J connectivity index is 1.38. The van der Waals surface area contributed by atoms with E-state index in [0.717, 1.165) is 55.2 Å². The first-order chi connectivity index (χ1) is 17.2. The Morgan fingerprint density at radius 1 is 0.486 bits per heavy atom. The summed E-state index contributed by atoms with van der Waals surface area (Å²) in [6, 6.07) is 29.9. The number of fused-ring (bicyclic) bond motifs is 6. The van der Waals surface area contributed by atoms with E-state index in [1.807, 2.05) is 48.5 Å². The Morgan fingerprint density at radius 2 is 1.09 bits per heavy atom. The Labute approximate surface area is 200 Å². The van der Waals surface area contributed by atoms with Crippen molar-refractivity contribution in [2.45, 2.75) is 0 Å². The van der Waals surface area contributed by atoms with E-state index in [-0.39, 0.29) is 5.75 Å². The highest BCUT2D eigenvalue weighted by molar-refractivity contribution is 6.06. The highest BCUT2D eigenvalue weighted by Crippen LogP contribution is 2.33. The summed E-state index contributed by atoms with van der Waals surface area (Å²) < 4.78 is 0. The van der Waals surface area contributed by atoms with E-state index in [4.69, 9.17) is 9.97 Å². The largest absolute Gasteiger partial charge is 0.507 e. The number of phenolic OH excluding ortho intramolecular Hbond substituents is 1. The van der Waals surface area contributed by atoms with Crippen LogP contribution in [0.1, 0.15) is 0 Å². The minimum Gasteiger partial charge on any atom is -0.507 e. The number of nitrogens with zero attached hydrogens (tertiary/aromatic N) is 4. The maximum atomic E-state index is 10.4. The number of hydrogen-bond donors (Lipinski definition) is 1. The fourth-order valence-electron chi connectivity index (χ4n) is 4.68. The molecule has 0 atom stereocenters. The van der Waals surface area contributed by atoms with Gasteiger partial charge in [0.15, 0.2) is 0 Å². The predicted octanol–water partition coefficient (Wildman–Crippen LogP) is 6.92. The monoisotopic (exact) mass is 450 g/mol. The molecule has 4 heterocycles. The SMILES string of the molecule is Oc1cc2ccc(-c3cccc(-c4ccc5ccc6cccnc6c5n4)c3)nc2c2ncccc12. The molecular weight excluding hydrogens is 432 g/mol. The third kappa shape index (κ3) is 3.17. The van der Waals surface area contributed by atoms with Crippen LogP contribution in [-0.4, -0.2) is 25.0 Å². The van der Waals surface area contributed by atoms with E-state index in [1.165, 1.54) is 0 Å². The van der Waals surface area contributed by atoms with Crippen LogP contribution in [0.2, 0.25) is 0 Å². The Morgan fingerprint density at radius 3 is 1.86 bits per heavy atom. The molecule has 35 heavy (non-hydrogen) atoms. The van der Waals surface area contributed by atoms with Crippen LogP contribution in [0.3, 0.4) is 0 Å². The van der Waals surface area contributed by atoms with Gasteiger partial charge in [0.25, 0.3) is 0 Å². The number of phenols is 1. The maximum Gasteiger partial charge on any atom is 0.125 e. The van der Waals surface area contributed by atoms with E-state index in [0.29, 0.717) is 10.9 Å². The van der Waals surface area contributed by atoms with E-state index in [1.54, 1.807) is 18.5 Å². The van der Waals surface area contributed by atoms with E-state index in [2.05, 4.69) is 46.4 Å². The molecule has 5 nitrogen and oxygen atoms in total. The van der Waals surface area contributed by atoms with Crippen molar-refractivity contribution in [3.63, 3.8) is 0 Å². The van der Waals surface area contributed by atoms with Crippen molar-refractivity contribution in [2.24, 2.45) is 0 Å². The highest BCUT2D eigenvalue weighted by atomic mass is 16.3. The lowest BCUT2D eigenvalue weighted by Crippen LogP contribution is -1.91. The molecule has 0 radical (unpaired) electrons. The maximum absolute atomic E-state index is 10.4. The topological polar surface area (TPSA) is 71.8 Å². The summed E-state index contributed by atoms with van der Waals surface area (Å²) >= 11 is 0. The van der Waals surface area contributed by atoms with Crippen molar-refractivity contribution in [1.82, 2.24) is 19.9 Å². The molecule has 0 bridgehead atoms. The molecule has 0 fully saturated rings. The Bertz CT molecular complexity index is 1930. The molecule has 1 N–H and O–H groups in total. The van der Waals surface area contributed by atoms with Gasteiger partial charge in [-0.15, -0.1) is 0 Å². The van der Waals surface area contributed by atoms with Crippen molar-refractivity contribution in [2.75, 3.05) is 0 Å². The molecule has 7 rings (SSSR count). The zero-order chi connectivity index (χ0) is 23.4. The van der Waals surface area contributed by atoms with Crippen LogP contribution in [0.15, 0.2) is 103 Å². The van der Waals surface area contributed by atoms with Crippen molar-refractivity contribution < 1.29 is 5.11 Å². The standard InChI is InChI=1S/C30H18N4O/c35-26-17-22-11-13-25(34-29(22)30-23(26)7-3-15-32-30)21-5-1-4-20(16-21)24-12-10-19-9-8-18-6-2-14-31-27(18)28(19)33-24/h1-17,35H. The minimum absolute atomic E-state index is 0.210. The summed E-state index contributed by atoms with van der Waals surface area (Å²) in [6.45, 7) is 0. The number of pyridine rings is 4. The molecule has 5 heteroatoms. The number of benzene rings is 3. The number of aromatic hydroxyl groups is 1. The van der Waals surface area contributed by atoms with E-state index < -0.39 is 0 Å². The van der Waals surface area contributed by atoms with Crippen LogP contribution >= 0.6 is 0 Å². The van der Waals surface area contributed by atoms with Crippen LogP contribution in [0.5, 0.6) is 5.75 Å². The lowest BCUT2D eigenvalue weighted by Gasteiger charge is -2.09. The van der Waals surface area contributed by atoms with Gasteiger partial charge >= 0.3 is 0 Å². The van der Waals surface area contributed by atoms with Gasteiger partial charge in [0.1, 0.15) is 11.3 Å². The van der Waals surface area contributed by atoms with Gasteiger partial charge in [-0.2, -0.15) is 0 Å². The second kappa shape index (κ2) is 7.57. The van der Waals surface area contributed by atoms with Gasteiger partial charge in [0.05, 0.1) is 27.9 Å². The summed E-state index contributed by atoms with van der Waals surface area (Å²) in [5.41, 5.74) is 6.97. The van der Waals surface area contributed by atoms with Gasteiger partial charge in [-0.25, -0.2) is 9.97 Å². The molecule has 0 spiro atoms. The van der Waals surface area contributed by atoms with Crippen molar-refractivity contribution in [3.8, 4) is 28.3 Å². The number of rotatable bonds is 2. The molecule has 0 unspecified atom stereocenters. The first-order valence-electron chi connectivity index (χ1n) is 11.4. The van der Waals surface area contributed by atoms with Gasteiger partial charge in [0, 0.05) is 45.1 Å². The van der Waals surface area contributed by atoms with E-state index >= 15 is 0 Å². The molecule has 0 aliphatic carbocycles. The Kier molecular flexibility index (Phi) is 4.23. The molecule has 0 amide bonds. The molecule has 7 aromatic rings. The average Bonchev–Trinajstić information content (AvgIpc) is 2.93. The normalized spacial score (nSPS) is 11.5. The summed E-state index contributed by atoms with van der Waals surface area (Å²) in [5.74, 6) is 0.210. The fourth-order valence-corrected chi connectivity index (χ4v) is 4.68. The van der Waals surface area contributed by atoms with Gasteiger partial charge in [-0.1, -0.05) is 48.5 Å². The van der Waals surface area contributed by atoms with Crippen LogP contribution in [0, 0.1) is 0 Å². The molecule has 0 aliphatic rings. The molecule has 0 saturated carbocycles. The number of hydrogen-bond acceptors (Lipinski definition) is 5. The Hall–Kier alpha value is -4.90. The van der Waals surface area contributed by atoms with Gasteiger partial charge < -0.3 is 5.11 Å². The third-order valence-electron chi connectivity index (χ3n) is 6.41. The fraction of sp³-hybridized carbons (Fsp3) is 0. The van der Waals surface area contributed by atoms with Crippen molar-refractivity contribution in [3.05, 3.63) is 103 Å². The van der Waals surface area contributed by atoms with E-state index in [9.17, 15) is 5.11 Å². The molecule has 3 aromatic carbocycles. The second-order valence-corrected chi connectivity index (χ2v) is 8.55. The first-order valence-corrected chi connectivity index (χ1v) is 11.4. The van der Waals surface area contributed by atoms with Crippen molar-refractivity contribution >= 4 is 43.6 Å². The van der Waals surface area contributed by atoms with Crippen LogP contribution in [0.25, 0.3) is 66.1 Å². The first kappa shape index (κ1) is 19.6. The second-order valence-electron chi connectivity index (χ2n) is 8.55. The predicted molar refractivity (Wildman–Crippen MR) is 140 cm³/mol. The van der Waals surface area contributed by atoms with Gasteiger partial charge in [0.2, 0.25) is 0 Å². The summed E-state index contributed by atoms with van der Waals surface area (Å²) in [7, 11) is 0. The molecule has 0 saturated heterocycles. The summed E-state index contributed by atoms with van der Waals surface area (Å²) in [4.78, 5) is 19.0. The lowest BCUT2D eigenvalue weighted by molar-refractivity contribution is 0.482. The lowest BCUT2D eigenvalue weighted by atomic mass is 10.0. The summed E-state index contributed by atoms with van der Waals surface area (Å²) in [6.07, 6.45) is 3.53. The average molecular weight is 451 g/mol.